The maximum Gasteiger partial charge on any atom is 0.260 e. The third-order valence-electron chi connectivity index (χ3n) is 5.50. The number of aryl methyl sites for hydroxylation is 2. The van der Waals surface area contributed by atoms with E-state index in [9.17, 15) is 4.79 Å². The molecule has 124 valence electrons. The molecule has 1 aliphatic rings. The molecule has 0 saturated carbocycles. The lowest BCUT2D eigenvalue weighted by atomic mass is 9.95. The SMILES string of the molecule is Cc1c(Nc2ccccc2)c2cccc3c4c(n(c1=O)c32)CCCC4. The molecule has 25 heavy (non-hydrogen) atoms. The fraction of sp³-hybridized carbons (Fsp3) is 0.227. The van der Waals surface area contributed by atoms with Crippen LogP contribution in [0, 0.1) is 6.92 Å². The zero-order valence-corrected chi connectivity index (χ0v) is 14.3. The quantitative estimate of drug-likeness (QED) is 0.572. The molecule has 0 saturated heterocycles. The van der Waals surface area contributed by atoms with Gasteiger partial charge in [0.2, 0.25) is 0 Å². The highest BCUT2D eigenvalue weighted by atomic mass is 16.1. The third-order valence-corrected chi connectivity index (χ3v) is 5.50. The fourth-order valence-electron chi connectivity index (χ4n) is 4.32. The Labute approximate surface area is 146 Å². The standard InChI is InChI=1S/C22H20N2O/c1-14-20(23-15-8-3-2-4-9-15)18-12-7-11-17-16-10-5-6-13-19(16)24(21(17)18)22(14)25/h2-4,7-9,11-12,23H,5-6,10,13H2,1H3. The van der Waals surface area contributed by atoms with Crippen molar-refractivity contribution in [3.8, 4) is 0 Å². The van der Waals surface area contributed by atoms with Gasteiger partial charge in [0.1, 0.15) is 0 Å². The van der Waals surface area contributed by atoms with Gasteiger partial charge in [-0.2, -0.15) is 0 Å². The lowest BCUT2D eigenvalue weighted by Gasteiger charge is -2.15. The Morgan fingerprint density at radius 2 is 1.68 bits per heavy atom. The second-order valence-electron chi connectivity index (χ2n) is 6.97. The van der Waals surface area contributed by atoms with Crippen LogP contribution < -0.4 is 10.9 Å². The fourth-order valence-corrected chi connectivity index (χ4v) is 4.32. The van der Waals surface area contributed by atoms with Crippen LogP contribution in [0.5, 0.6) is 0 Å². The molecule has 1 aliphatic carbocycles. The largest absolute Gasteiger partial charge is 0.355 e. The van der Waals surface area contributed by atoms with E-state index in [2.05, 4.69) is 23.5 Å². The molecule has 2 aromatic carbocycles. The van der Waals surface area contributed by atoms with Crippen molar-refractivity contribution < 1.29 is 0 Å². The molecule has 0 aliphatic heterocycles. The minimum absolute atomic E-state index is 0.116. The number of anilines is 2. The zero-order chi connectivity index (χ0) is 17.0. The summed E-state index contributed by atoms with van der Waals surface area (Å²) in [6, 6.07) is 16.5. The number of fused-ring (bicyclic) bond motifs is 3. The van der Waals surface area contributed by atoms with Gasteiger partial charge in [0.25, 0.3) is 5.56 Å². The average Bonchev–Trinajstić information content (AvgIpc) is 3.00. The molecule has 1 N–H and O–H groups in total. The van der Waals surface area contributed by atoms with Gasteiger partial charge in [0, 0.05) is 27.7 Å². The lowest BCUT2D eigenvalue weighted by Crippen LogP contribution is -2.20. The molecule has 2 aromatic heterocycles. The van der Waals surface area contributed by atoms with Crippen molar-refractivity contribution in [1.82, 2.24) is 4.40 Å². The monoisotopic (exact) mass is 328 g/mol. The molecule has 0 fully saturated rings. The van der Waals surface area contributed by atoms with E-state index in [1.807, 2.05) is 41.7 Å². The van der Waals surface area contributed by atoms with E-state index in [1.54, 1.807) is 0 Å². The molecule has 0 radical (unpaired) electrons. The summed E-state index contributed by atoms with van der Waals surface area (Å²) in [6.45, 7) is 1.94. The predicted molar refractivity (Wildman–Crippen MR) is 103 cm³/mol. The van der Waals surface area contributed by atoms with Crippen LogP contribution in [0.25, 0.3) is 16.3 Å². The van der Waals surface area contributed by atoms with E-state index in [4.69, 9.17) is 0 Å². The zero-order valence-electron chi connectivity index (χ0n) is 14.3. The highest BCUT2D eigenvalue weighted by molar-refractivity contribution is 6.06. The first-order valence-corrected chi connectivity index (χ1v) is 8.99. The number of benzene rings is 2. The Morgan fingerprint density at radius 1 is 0.920 bits per heavy atom. The van der Waals surface area contributed by atoms with Crippen LogP contribution in [-0.4, -0.2) is 4.40 Å². The molecule has 2 heterocycles. The van der Waals surface area contributed by atoms with Crippen molar-refractivity contribution in [2.45, 2.75) is 32.6 Å². The van der Waals surface area contributed by atoms with Crippen LogP contribution in [0.2, 0.25) is 0 Å². The number of nitrogens with zero attached hydrogens (tertiary/aromatic N) is 1. The summed E-state index contributed by atoms with van der Waals surface area (Å²) in [5, 5.41) is 5.87. The number of aromatic nitrogens is 1. The molecular formula is C22H20N2O. The molecular weight excluding hydrogens is 308 g/mol. The van der Waals surface area contributed by atoms with Crippen LogP contribution in [0.4, 0.5) is 11.4 Å². The molecule has 0 bridgehead atoms. The van der Waals surface area contributed by atoms with Crippen LogP contribution in [-0.2, 0) is 12.8 Å². The maximum atomic E-state index is 13.2. The highest BCUT2D eigenvalue weighted by Gasteiger charge is 2.23. The first-order valence-electron chi connectivity index (χ1n) is 8.99. The summed E-state index contributed by atoms with van der Waals surface area (Å²) in [4.78, 5) is 13.2. The van der Waals surface area contributed by atoms with Gasteiger partial charge in [0.15, 0.2) is 0 Å². The van der Waals surface area contributed by atoms with Crippen molar-refractivity contribution >= 4 is 27.7 Å². The van der Waals surface area contributed by atoms with E-state index in [1.165, 1.54) is 29.5 Å². The highest BCUT2D eigenvalue weighted by Crippen LogP contribution is 2.37. The van der Waals surface area contributed by atoms with Gasteiger partial charge in [0.05, 0.1) is 11.2 Å². The molecule has 0 amide bonds. The summed E-state index contributed by atoms with van der Waals surface area (Å²) in [6.07, 6.45) is 4.47. The van der Waals surface area contributed by atoms with E-state index in [0.717, 1.165) is 40.7 Å². The number of hydrogen-bond acceptors (Lipinski definition) is 2. The summed E-state index contributed by atoms with van der Waals surface area (Å²) in [7, 11) is 0. The Hall–Kier alpha value is -2.81. The topological polar surface area (TPSA) is 33.5 Å². The van der Waals surface area contributed by atoms with Crippen molar-refractivity contribution in [3.05, 3.63) is 75.7 Å². The number of para-hydroxylation sites is 2. The van der Waals surface area contributed by atoms with Crippen molar-refractivity contribution in [3.63, 3.8) is 0 Å². The van der Waals surface area contributed by atoms with E-state index in [0.29, 0.717) is 0 Å². The second-order valence-corrected chi connectivity index (χ2v) is 6.97. The Balaban J connectivity index is 1.87. The van der Waals surface area contributed by atoms with Crippen LogP contribution >= 0.6 is 0 Å². The van der Waals surface area contributed by atoms with Crippen molar-refractivity contribution in [2.75, 3.05) is 5.32 Å². The van der Waals surface area contributed by atoms with Crippen LogP contribution in [0.15, 0.2) is 53.3 Å². The number of hydrogen-bond donors (Lipinski definition) is 1. The smallest absolute Gasteiger partial charge is 0.260 e. The normalized spacial score (nSPS) is 14.1. The summed E-state index contributed by atoms with van der Waals surface area (Å²) in [5.74, 6) is 0. The summed E-state index contributed by atoms with van der Waals surface area (Å²) in [5.41, 5.74) is 6.54. The van der Waals surface area contributed by atoms with E-state index < -0.39 is 0 Å². The van der Waals surface area contributed by atoms with Gasteiger partial charge in [-0.05, 0) is 50.3 Å². The van der Waals surface area contributed by atoms with Gasteiger partial charge >= 0.3 is 0 Å². The number of nitrogens with one attached hydrogen (secondary N) is 1. The van der Waals surface area contributed by atoms with Crippen LogP contribution in [0.1, 0.15) is 29.7 Å². The molecule has 3 heteroatoms. The van der Waals surface area contributed by atoms with Gasteiger partial charge in [-0.3, -0.25) is 9.20 Å². The number of rotatable bonds is 2. The van der Waals surface area contributed by atoms with Gasteiger partial charge in [-0.1, -0.05) is 36.4 Å². The van der Waals surface area contributed by atoms with Crippen molar-refractivity contribution in [2.24, 2.45) is 0 Å². The molecule has 0 atom stereocenters. The van der Waals surface area contributed by atoms with Gasteiger partial charge in [-0.25, -0.2) is 0 Å². The van der Waals surface area contributed by atoms with Crippen molar-refractivity contribution in [1.29, 1.82) is 0 Å². The number of pyridine rings is 1. The first-order chi connectivity index (χ1) is 12.3. The Bertz CT molecular complexity index is 1140. The van der Waals surface area contributed by atoms with E-state index >= 15 is 0 Å². The van der Waals surface area contributed by atoms with E-state index in [-0.39, 0.29) is 5.56 Å². The Morgan fingerprint density at radius 3 is 2.52 bits per heavy atom. The van der Waals surface area contributed by atoms with Gasteiger partial charge < -0.3 is 5.32 Å². The second kappa shape index (κ2) is 5.35. The Kier molecular flexibility index (Phi) is 3.11. The predicted octanol–water partition coefficient (Wildman–Crippen LogP) is 4.82. The lowest BCUT2D eigenvalue weighted by molar-refractivity contribution is 0.668. The molecule has 0 spiro atoms. The first kappa shape index (κ1) is 14.5. The molecule has 4 aromatic rings. The summed E-state index contributed by atoms with van der Waals surface area (Å²) < 4.78 is 1.99. The summed E-state index contributed by atoms with van der Waals surface area (Å²) >= 11 is 0. The van der Waals surface area contributed by atoms with Gasteiger partial charge in [-0.15, -0.1) is 0 Å². The minimum Gasteiger partial charge on any atom is -0.355 e. The minimum atomic E-state index is 0.116. The average molecular weight is 328 g/mol. The third kappa shape index (κ3) is 2.02. The molecule has 5 rings (SSSR count). The molecule has 3 nitrogen and oxygen atoms in total. The van der Waals surface area contributed by atoms with Crippen LogP contribution in [0.3, 0.4) is 0 Å². The molecule has 0 unspecified atom stereocenters. The maximum absolute atomic E-state index is 13.2.